The van der Waals surface area contributed by atoms with Crippen LogP contribution in [0.5, 0.6) is 5.75 Å². The Morgan fingerprint density at radius 1 is 1.14 bits per heavy atom. The van der Waals surface area contributed by atoms with E-state index in [-0.39, 0.29) is 0 Å². The number of thiazole rings is 1. The van der Waals surface area contributed by atoms with Gasteiger partial charge in [-0.05, 0) is 37.3 Å². The molecule has 1 aromatic carbocycles. The van der Waals surface area contributed by atoms with Gasteiger partial charge < -0.3 is 19.9 Å². The maximum atomic E-state index is 5.22. The minimum Gasteiger partial charge on any atom is -0.497 e. The third-order valence-corrected chi connectivity index (χ3v) is 5.49. The molecule has 3 heterocycles. The molecule has 0 unspecified atom stereocenters. The van der Waals surface area contributed by atoms with E-state index >= 15 is 0 Å². The number of aryl methyl sites for hydroxylation is 1. The molecule has 150 valence electrons. The number of nitrogens with one attached hydrogen (secondary N) is 2. The third-order valence-electron chi connectivity index (χ3n) is 4.58. The minimum atomic E-state index is 0.679. The van der Waals surface area contributed by atoms with Gasteiger partial charge in [-0.3, -0.25) is 0 Å². The van der Waals surface area contributed by atoms with Crippen LogP contribution in [0.3, 0.4) is 0 Å². The lowest BCUT2D eigenvalue weighted by Crippen LogP contribution is -2.15. The van der Waals surface area contributed by atoms with Crippen LogP contribution in [0.4, 0.5) is 11.8 Å². The molecule has 3 aromatic heterocycles. The second-order valence-electron chi connectivity index (χ2n) is 7.01. The number of nitrogens with zero attached hydrogens (tertiary/aromatic N) is 4. The van der Waals surface area contributed by atoms with Gasteiger partial charge in [0.25, 0.3) is 0 Å². The SMILES string of the molecule is COc1ccc(-c2csc(CCNc3nc(N(C)C)nc4[nH]c(C)cc34)n2)cc1. The van der Waals surface area contributed by atoms with Crippen molar-refractivity contribution in [3.05, 3.63) is 46.4 Å². The lowest BCUT2D eigenvalue weighted by molar-refractivity contribution is 0.415. The van der Waals surface area contributed by atoms with E-state index in [9.17, 15) is 0 Å². The van der Waals surface area contributed by atoms with Gasteiger partial charge in [0.1, 0.15) is 17.2 Å². The number of benzene rings is 1. The van der Waals surface area contributed by atoms with Crippen LogP contribution in [0.2, 0.25) is 0 Å². The molecular formula is C21H24N6OS. The van der Waals surface area contributed by atoms with Crippen molar-refractivity contribution < 1.29 is 4.74 Å². The van der Waals surface area contributed by atoms with Crippen LogP contribution in [0.25, 0.3) is 22.3 Å². The van der Waals surface area contributed by atoms with E-state index in [2.05, 4.69) is 31.7 Å². The molecule has 0 saturated heterocycles. The summed E-state index contributed by atoms with van der Waals surface area (Å²) in [6.07, 6.45) is 0.826. The van der Waals surface area contributed by atoms with E-state index in [4.69, 9.17) is 9.72 Å². The van der Waals surface area contributed by atoms with Gasteiger partial charge in [0, 0.05) is 43.7 Å². The number of H-pyrrole nitrogens is 1. The summed E-state index contributed by atoms with van der Waals surface area (Å²) >= 11 is 1.68. The fourth-order valence-corrected chi connectivity index (χ4v) is 3.88. The van der Waals surface area contributed by atoms with E-state index in [1.165, 1.54) is 0 Å². The quantitative estimate of drug-likeness (QED) is 0.479. The zero-order chi connectivity index (χ0) is 20.4. The smallest absolute Gasteiger partial charge is 0.228 e. The fraction of sp³-hybridized carbons (Fsp3) is 0.286. The van der Waals surface area contributed by atoms with Crippen molar-refractivity contribution >= 4 is 34.1 Å². The van der Waals surface area contributed by atoms with Crippen LogP contribution in [-0.4, -0.2) is 47.7 Å². The van der Waals surface area contributed by atoms with E-state index in [0.717, 1.165) is 57.5 Å². The molecule has 0 fully saturated rings. The average Bonchev–Trinajstić information content (AvgIpc) is 3.33. The summed E-state index contributed by atoms with van der Waals surface area (Å²) in [5.74, 6) is 2.37. The molecule has 0 saturated carbocycles. The molecule has 0 bridgehead atoms. The molecule has 8 heteroatoms. The largest absolute Gasteiger partial charge is 0.497 e. The Balaban J connectivity index is 1.46. The molecule has 0 aliphatic carbocycles. The lowest BCUT2D eigenvalue weighted by Gasteiger charge is -2.13. The maximum absolute atomic E-state index is 5.22. The molecule has 2 N–H and O–H groups in total. The standard InChI is InChI=1S/C21H24N6OS/c1-13-11-16-19(25-21(27(2)3)26-20(16)23-13)22-10-9-18-24-17(12-29-18)14-5-7-15(28-4)8-6-14/h5-8,11-12H,9-10H2,1-4H3,(H2,22,23,25,26). The Bertz CT molecular complexity index is 1120. The first-order valence-electron chi connectivity index (χ1n) is 9.41. The predicted octanol–water partition coefficient (Wildman–Crippen LogP) is 4.12. The molecule has 0 amide bonds. The van der Waals surface area contributed by atoms with Gasteiger partial charge in [-0.25, -0.2) is 4.98 Å². The van der Waals surface area contributed by atoms with Gasteiger partial charge in [-0.2, -0.15) is 9.97 Å². The average molecular weight is 409 g/mol. The van der Waals surface area contributed by atoms with Gasteiger partial charge in [0.15, 0.2) is 0 Å². The summed E-state index contributed by atoms with van der Waals surface area (Å²) in [4.78, 5) is 19.2. The Morgan fingerprint density at radius 3 is 2.66 bits per heavy atom. The van der Waals surface area contributed by atoms with Crippen LogP contribution in [0.15, 0.2) is 35.7 Å². The summed E-state index contributed by atoms with van der Waals surface area (Å²) in [5, 5.41) is 7.65. The van der Waals surface area contributed by atoms with Crippen molar-refractivity contribution in [3.8, 4) is 17.0 Å². The Labute approximate surface area is 173 Å². The predicted molar refractivity (Wildman–Crippen MR) is 119 cm³/mol. The van der Waals surface area contributed by atoms with Crippen molar-refractivity contribution in [3.63, 3.8) is 0 Å². The highest BCUT2D eigenvalue weighted by Gasteiger charge is 2.12. The first-order chi connectivity index (χ1) is 14.0. The molecule has 29 heavy (non-hydrogen) atoms. The van der Waals surface area contributed by atoms with E-state index < -0.39 is 0 Å². The highest BCUT2D eigenvalue weighted by molar-refractivity contribution is 7.09. The highest BCUT2D eigenvalue weighted by Crippen LogP contribution is 2.26. The summed E-state index contributed by atoms with van der Waals surface area (Å²) in [6.45, 7) is 2.77. The molecule has 4 aromatic rings. The van der Waals surface area contributed by atoms with E-state index in [0.29, 0.717) is 5.95 Å². The Kier molecular flexibility index (Phi) is 5.35. The number of hydrogen-bond acceptors (Lipinski definition) is 7. The number of methoxy groups -OCH3 is 1. The third kappa shape index (κ3) is 4.17. The van der Waals surface area contributed by atoms with E-state index in [1.54, 1.807) is 18.4 Å². The molecule has 4 rings (SSSR count). The summed E-state index contributed by atoms with van der Waals surface area (Å²) in [6, 6.07) is 10.0. The zero-order valence-corrected chi connectivity index (χ0v) is 17.8. The Hall–Kier alpha value is -3.13. The second-order valence-corrected chi connectivity index (χ2v) is 7.96. The molecule has 0 aliphatic heterocycles. The minimum absolute atomic E-state index is 0.679. The number of anilines is 2. The monoisotopic (exact) mass is 408 g/mol. The van der Waals surface area contributed by atoms with Gasteiger partial charge in [-0.1, -0.05) is 0 Å². The molecule has 0 aliphatic rings. The lowest BCUT2D eigenvalue weighted by atomic mass is 10.2. The normalized spacial score (nSPS) is 11.0. The van der Waals surface area contributed by atoms with Gasteiger partial charge in [0.2, 0.25) is 5.95 Å². The van der Waals surface area contributed by atoms with Crippen LogP contribution in [-0.2, 0) is 6.42 Å². The number of rotatable bonds is 7. The first kappa shape index (κ1) is 19.2. The zero-order valence-electron chi connectivity index (χ0n) is 17.0. The van der Waals surface area contributed by atoms with Crippen molar-refractivity contribution in [1.29, 1.82) is 0 Å². The van der Waals surface area contributed by atoms with Crippen LogP contribution >= 0.6 is 11.3 Å². The van der Waals surface area contributed by atoms with Crippen molar-refractivity contribution in [2.24, 2.45) is 0 Å². The molecule has 0 spiro atoms. The van der Waals surface area contributed by atoms with Crippen LogP contribution in [0, 0.1) is 6.92 Å². The topological polar surface area (TPSA) is 79.0 Å². The first-order valence-corrected chi connectivity index (χ1v) is 10.3. The summed E-state index contributed by atoms with van der Waals surface area (Å²) < 4.78 is 5.22. The van der Waals surface area contributed by atoms with Gasteiger partial charge in [-0.15, -0.1) is 11.3 Å². The highest BCUT2D eigenvalue weighted by atomic mass is 32.1. The molecule has 0 radical (unpaired) electrons. The van der Waals surface area contributed by atoms with Crippen molar-refractivity contribution in [2.75, 3.05) is 38.0 Å². The number of aromatic amines is 1. The maximum Gasteiger partial charge on any atom is 0.228 e. The van der Waals surface area contributed by atoms with Crippen molar-refractivity contribution in [2.45, 2.75) is 13.3 Å². The summed E-state index contributed by atoms with van der Waals surface area (Å²) in [7, 11) is 5.55. The molecule has 0 atom stereocenters. The number of fused-ring (bicyclic) bond motifs is 1. The molecule has 7 nitrogen and oxygen atoms in total. The Morgan fingerprint density at radius 2 is 1.93 bits per heavy atom. The van der Waals surface area contributed by atoms with Gasteiger partial charge in [0.05, 0.1) is 23.2 Å². The molecular weight excluding hydrogens is 384 g/mol. The second kappa shape index (κ2) is 8.08. The number of aromatic nitrogens is 4. The van der Waals surface area contributed by atoms with Crippen LogP contribution in [0.1, 0.15) is 10.7 Å². The van der Waals surface area contributed by atoms with Gasteiger partial charge >= 0.3 is 0 Å². The summed E-state index contributed by atoms with van der Waals surface area (Å²) in [5.41, 5.74) is 4.00. The fourth-order valence-electron chi connectivity index (χ4n) is 3.07. The van der Waals surface area contributed by atoms with E-state index in [1.807, 2.05) is 50.2 Å². The number of hydrogen-bond donors (Lipinski definition) is 2. The van der Waals surface area contributed by atoms with Crippen LogP contribution < -0.4 is 15.0 Å². The number of ether oxygens (including phenoxy) is 1. The van der Waals surface area contributed by atoms with Crippen molar-refractivity contribution in [1.82, 2.24) is 19.9 Å².